The molecule has 1 aliphatic rings. The molecular formula is C11H24FN3O2S. The fourth-order valence-corrected chi connectivity index (χ4v) is 3.45. The highest BCUT2D eigenvalue weighted by Gasteiger charge is 2.28. The standard InChI is InChI=1S/C11H24FN3O2S/c1-2-6-13-9-11-4-3-8-15(10-11)18(16,17)14-7-5-12/h11,13-14H,2-10H2,1H3. The third kappa shape index (κ3) is 5.17. The molecule has 1 rings (SSSR count). The first kappa shape index (κ1) is 15.8. The molecule has 0 bridgehead atoms. The Morgan fingerprint density at radius 1 is 1.39 bits per heavy atom. The van der Waals surface area contributed by atoms with Crippen LogP contribution in [0.4, 0.5) is 4.39 Å². The van der Waals surface area contributed by atoms with Crippen LogP contribution in [-0.2, 0) is 10.2 Å². The Balaban J connectivity index is 2.42. The van der Waals surface area contributed by atoms with E-state index >= 15 is 0 Å². The maximum Gasteiger partial charge on any atom is 0.279 e. The van der Waals surface area contributed by atoms with Crippen molar-refractivity contribution in [3.8, 4) is 0 Å². The first-order valence-corrected chi connectivity index (χ1v) is 8.05. The van der Waals surface area contributed by atoms with Crippen LogP contribution in [0.15, 0.2) is 0 Å². The van der Waals surface area contributed by atoms with Crippen molar-refractivity contribution in [3.63, 3.8) is 0 Å². The van der Waals surface area contributed by atoms with Crippen LogP contribution in [0.1, 0.15) is 26.2 Å². The van der Waals surface area contributed by atoms with Gasteiger partial charge in [0.25, 0.3) is 10.2 Å². The monoisotopic (exact) mass is 281 g/mol. The minimum Gasteiger partial charge on any atom is -0.316 e. The third-order valence-electron chi connectivity index (χ3n) is 3.06. The fraction of sp³-hybridized carbons (Fsp3) is 1.00. The maximum atomic E-state index is 12.0. The van der Waals surface area contributed by atoms with Gasteiger partial charge in [-0.2, -0.15) is 17.4 Å². The molecule has 0 radical (unpaired) electrons. The molecule has 0 spiro atoms. The molecule has 7 heteroatoms. The normalized spacial score (nSPS) is 22.2. The third-order valence-corrected chi connectivity index (χ3v) is 4.64. The van der Waals surface area contributed by atoms with Crippen LogP contribution in [0.25, 0.3) is 0 Å². The number of hydrogen-bond acceptors (Lipinski definition) is 3. The van der Waals surface area contributed by atoms with Crippen LogP contribution >= 0.6 is 0 Å². The average Bonchev–Trinajstić information content (AvgIpc) is 2.37. The number of nitrogens with zero attached hydrogens (tertiary/aromatic N) is 1. The molecule has 0 saturated carbocycles. The second kappa shape index (κ2) is 8.04. The Labute approximate surface area is 109 Å². The number of rotatable bonds is 8. The lowest BCUT2D eigenvalue weighted by Crippen LogP contribution is -2.48. The van der Waals surface area contributed by atoms with Gasteiger partial charge in [0.15, 0.2) is 0 Å². The molecule has 18 heavy (non-hydrogen) atoms. The Morgan fingerprint density at radius 2 is 2.17 bits per heavy atom. The van der Waals surface area contributed by atoms with Crippen molar-refractivity contribution in [1.29, 1.82) is 0 Å². The van der Waals surface area contributed by atoms with Crippen LogP contribution < -0.4 is 10.0 Å². The molecular weight excluding hydrogens is 257 g/mol. The van der Waals surface area contributed by atoms with Crippen LogP contribution in [0.3, 0.4) is 0 Å². The molecule has 1 fully saturated rings. The molecule has 1 atom stereocenters. The van der Waals surface area contributed by atoms with E-state index < -0.39 is 16.9 Å². The molecule has 108 valence electrons. The molecule has 2 N–H and O–H groups in total. The van der Waals surface area contributed by atoms with Gasteiger partial charge in [0.05, 0.1) is 0 Å². The average molecular weight is 281 g/mol. The molecule has 5 nitrogen and oxygen atoms in total. The van der Waals surface area contributed by atoms with E-state index in [9.17, 15) is 12.8 Å². The van der Waals surface area contributed by atoms with Crippen molar-refractivity contribution >= 4 is 10.2 Å². The Hall–Kier alpha value is -0.240. The van der Waals surface area contributed by atoms with Crippen molar-refractivity contribution in [3.05, 3.63) is 0 Å². The number of hydrogen-bond donors (Lipinski definition) is 2. The molecule has 0 aromatic rings. The first-order chi connectivity index (χ1) is 8.60. The van der Waals surface area contributed by atoms with Gasteiger partial charge in [-0.3, -0.25) is 0 Å². The smallest absolute Gasteiger partial charge is 0.279 e. The fourth-order valence-electron chi connectivity index (χ4n) is 2.15. The summed E-state index contributed by atoms with van der Waals surface area (Å²) in [6, 6.07) is 0. The van der Waals surface area contributed by atoms with Crippen LogP contribution in [-0.4, -0.2) is 52.1 Å². The van der Waals surface area contributed by atoms with E-state index in [0.29, 0.717) is 19.0 Å². The molecule has 0 aromatic carbocycles. The van der Waals surface area contributed by atoms with E-state index in [1.165, 1.54) is 4.31 Å². The zero-order chi connectivity index (χ0) is 13.4. The SMILES string of the molecule is CCCNCC1CCCN(S(=O)(=O)NCCF)C1. The summed E-state index contributed by atoms with van der Waals surface area (Å²) in [4.78, 5) is 0. The predicted octanol–water partition coefficient (Wildman–Crippen LogP) is 0.502. The van der Waals surface area contributed by atoms with E-state index in [-0.39, 0.29) is 6.54 Å². The van der Waals surface area contributed by atoms with Gasteiger partial charge in [-0.05, 0) is 38.3 Å². The number of alkyl halides is 1. The highest BCUT2D eigenvalue weighted by molar-refractivity contribution is 7.87. The Bertz CT molecular complexity index is 324. The van der Waals surface area contributed by atoms with E-state index in [1.54, 1.807) is 0 Å². The summed E-state index contributed by atoms with van der Waals surface area (Å²) in [6.45, 7) is 4.16. The van der Waals surface area contributed by atoms with Gasteiger partial charge in [0.1, 0.15) is 6.67 Å². The molecule has 1 aliphatic heterocycles. The lowest BCUT2D eigenvalue weighted by molar-refractivity contribution is 0.257. The molecule has 0 aliphatic carbocycles. The van der Waals surface area contributed by atoms with Crippen molar-refractivity contribution in [1.82, 2.24) is 14.3 Å². The number of halogens is 1. The highest BCUT2D eigenvalue weighted by atomic mass is 32.2. The molecule has 0 amide bonds. The topological polar surface area (TPSA) is 61.4 Å². The second-order valence-corrected chi connectivity index (χ2v) is 6.41. The van der Waals surface area contributed by atoms with E-state index in [4.69, 9.17) is 0 Å². The quantitative estimate of drug-likeness (QED) is 0.637. The highest BCUT2D eigenvalue weighted by Crippen LogP contribution is 2.17. The summed E-state index contributed by atoms with van der Waals surface area (Å²) in [5.74, 6) is 0.354. The lowest BCUT2D eigenvalue weighted by atomic mass is 10.00. The van der Waals surface area contributed by atoms with Crippen LogP contribution in [0.2, 0.25) is 0 Å². The minimum absolute atomic E-state index is 0.141. The van der Waals surface area contributed by atoms with Gasteiger partial charge in [-0.25, -0.2) is 4.39 Å². The van der Waals surface area contributed by atoms with Gasteiger partial charge < -0.3 is 5.32 Å². The van der Waals surface area contributed by atoms with Gasteiger partial charge in [-0.1, -0.05) is 6.92 Å². The van der Waals surface area contributed by atoms with Gasteiger partial charge in [0.2, 0.25) is 0 Å². The van der Waals surface area contributed by atoms with Crippen molar-refractivity contribution in [2.45, 2.75) is 26.2 Å². The number of nitrogens with one attached hydrogen (secondary N) is 2. The summed E-state index contributed by atoms with van der Waals surface area (Å²) >= 11 is 0. The molecule has 0 aromatic heterocycles. The van der Waals surface area contributed by atoms with Gasteiger partial charge in [-0.15, -0.1) is 0 Å². The van der Waals surface area contributed by atoms with Crippen LogP contribution in [0, 0.1) is 5.92 Å². The zero-order valence-electron chi connectivity index (χ0n) is 11.0. The Kier molecular flexibility index (Phi) is 7.06. The largest absolute Gasteiger partial charge is 0.316 e. The number of piperidine rings is 1. The molecule has 1 saturated heterocycles. The Morgan fingerprint density at radius 3 is 2.83 bits per heavy atom. The van der Waals surface area contributed by atoms with Crippen molar-refractivity contribution in [2.75, 3.05) is 39.4 Å². The van der Waals surface area contributed by atoms with Crippen molar-refractivity contribution in [2.24, 2.45) is 5.92 Å². The van der Waals surface area contributed by atoms with Crippen molar-refractivity contribution < 1.29 is 12.8 Å². The first-order valence-electron chi connectivity index (χ1n) is 6.61. The summed E-state index contributed by atoms with van der Waals surface area (Å²) in [7, 11) is -3.49. The summed E-state index contributed by atoms with van der Waals surface area (Å²) in [5, 5.41) is 3.32. The second-order valence-electron chi connectivity index (χ2n) is 4.66. The van der Waals surface area contributed by atoms with Gasteiger partial charge in [0, 0.05) is 19.6 Å². The van der Waals surface area contributed by atoms with E-state index in [1.807, 2.05) is 0 Å². The summed E-state index contributed by atoms with van der Waals surface area (Å²) < 4.78 is 39.4. The minimum atomic E-state index is -3.49. The summed E-state index contributed by atoms with van der Waals surface area (Å²) in [5.41, 5.74) is 0. The zero-order valence-corrected chi connectivity index (χ0v) is 11.8. The summed E-state index contributed by atoms with van der Waals surface area (Å²) in [6.07, 6.45) is 2.99. The molecule has 1 heterocycles. The van der Waals surface area contributed by atoms with Crippen LogP contribution in [0.5, 0.6) is 0 Å². The lowest BCUT2D eigenvalue weighted by Gasteiger charge is -2.31. The maximum absolute atomic E-state index is 12.0. The van der Waals surface area contributed by atoms with E-state index in [0.717, 1.165) is 32.4 Å². The predicted molar refractivity (Wildman–Crippen MR) is 70.4 cm³/mol. The molecule has 1 unspecified atom stereocenters. The van der Waals surface area contributed by atoms with Gasteiger partial charge >= 0.3 is 0 Å². The van der Waals surface area contributed by atoms with E-state index in [2.05, 4.69) is 17.0 Å².